The van der Waals surface area contributed by atoms with Crippen molar-refractivity contribution < 1.29 is 14.3 Å². The summed E-state index contributed by atoms with van der Waals surface area (Å²) in [5, 5.41) is 4.05. The third kappa shape index (κ3) is 3.44. The van der Waals surface area contributed by atoms with Crippen molar-refractivity contribution in [3.05, 3.63) is 52.8 Å². The van der Waals surface area contributed by atoms with Gasteiger partial charge in [-0.15, -0.1) is 5.10 Å². The molecule has 104 valence electrons. The van der Waals surface area contributed by atoms with Crippen LogP contribution >= 0.6 is 0 Å². The molecule has 6 nitrogen and oxygen atoms in total. The van der Waals surface area contributed by atoms with Gasteiger partial charge in [-0.2, -0.15) is 4.68 Å². The molecular formula is C14H14N2O4. The first-order chi connectivity index (χ1) is 9.70. The molecule has 2 rings (SSSR count). The number of carbonyl (C=O) groups excluding carboxylic acids is 1. The number of ether oxygens (including phenoxy) is 2. The normalized spacial score (nSPS) is 10.1. The molecule has 0 radical (unpaired) electrons. The summed E-state index contributed by atoms with van der Waals surface area (Å²) in [6, 6.07) is 11.7. The van der Waals surface area contributed by atoms with Crippen LogP contribution in [0.3, 0.4) is 0 Å². The van der Waals surface area contributed by atoms with E-state index in [1.165, 1.54) is 16.8 Å². The molecule has 0 saturated heterocycles. The second-order valence-corrected chi connectivity index (χ2v) is 3.85. The Morgan fingerprint density at radius 3 is 2.65 bits per heavy atom. The molecule has 0 atom stereocenters. The Morgan fingerprint density at radius 1 is 1.20 bits per heavy atom. The van der Waals surface area contributed by atoms with Crippen molar-refractivity contribution in [3.8, 4) is 11.6 Å². The SMILES string of the molecule is CCOC(=O)COc1ccc(=O)n(-c2ccccc2)n1. The molecule has 2 aromatic rings. The monoisotopic (exact) mass is 274 g/mol. The van der Waals surface area contributed by atoms with Gasteiger partial charge < -0.3 is 9.47 Å². The van der Waals surface area contributed by atoms with Crippen molar-refractivity contribution in [2.75, 3.05) is 13.2 Å². The van der Waals surface area contributed by atoms with Crippen LogP contribution in [0.1, 0.15) is 6.92 Å². The Bertz CT molecular complexity index is 637. The van der Waals surface area contributed by atoms with E-state index in [9.17, 15) is 9.59 Å². The van der Waals surface area contributed by atoms with Gasteiger partial charge in [0.2, 0.25) is 5.88 Å². The maximum Gasteiger partial charge on any atom is 0.344 e. The molecule has 0 aliphatic carbocycles. The predicted molar refractivity (Wildman–Crippen MR) is 72.0 cm³/mol. The van der Waals surface area contributed by atoms with Gasteiger partial charge >= 0.3 is 5.97 Å². The molecule has 0 fully saturated rings. The van der Waals surface area contributed by atoms with E-state index < -0.39 is 5.97 Å². The highest BCUT2D eigenvalue weighted by molar-refractivity contribution is 5.70. The Balaban J connectivity index is 2.17. The highest BCUT2D eigenvalue weighted by atomic mass is 16.6. The molecule has 0 saturated carbocycles. The van der Waals surface area contributed by atoms with Crippen LogP contribution in [0.25, 0.3) is 5.69 Å². The third-order valence-electron chi connectivity index (χ3n) is 2.42. The Morgan fingerprint density at radius 2 is 1.95 bits per heavy atom. The van der Waals surface area contributed by atoms with Crippen molar-refractivity contribution in [1.29, 1.82) is 0 Å². The smallest absolute Gasteiger partial charge is 0.344 e. The lowest BCUT2D eigenvalue weighted by molar-refractivity contribution is -0.145. The van der Waals surface area contributed by atoms with Crippen LogP contribution in [-0.4, -0.2) is 29.0 Å². The maximum atomic E-state index is 11.8. The van der Waals surface area contributed by atoms with Gasteiger partial charge in [0.1, 0.15) is 0 Å². The molecular weight excluding hydrogens is 260 g/mol. The van der Waals surface area contributed by atoms with E-state index in [1.54, 1.807) is 31.2 Å². The highest BCUT2D eigenvalue weighted by Gasteiger charge is 2.07. The fourth-order valence-electron chi connectivity index (χ4n) is 1.56. The van der Waals surface area contributed by atoms with Crippen LogP contribution in [0.15, 0.2) is 47.3 Å². The summed E-state index contributed by atoms with van der Waals surface area (Å²) in [5.74, 6) is -0.298. The summed E-state index contributed by atoms with van der Waals surface area (Å²) in [6.07, 6.45) is 0. The molecule has 0 unspecified atom stereocenters. The number of hydrogen-bond acceptors (Lipinski definition) is 5. The zero-order valence-electron chi connectivity index (χ0n) is 11.0. The average Bonchev–Trinajstić information content (AvgIpc) is 2.47. The summed E-state index contributed by atoms with van der Waals surface area (Å²) in [5.41, 5.74) is 0.346. The number of benzene rings is 1. The van der Waals surface area contributed by atoms with E-state index in [1.807, 2.05) is 6.07 Å². The van der Waals surface area contributed by atoms with E-state index in [0.717, 1.165) is 0 Å². The van der Waals surface area contributed by atoms with E-state index in [-0.39, 0.29) is 18.0 Å². The zero-order chi connectivity index (χ0) is 14.4. The first-order valence-electron chi connectivity index (χ1n) is 6.15. The minimum atomic E-state index is -0.480. The topological polar surface area (TPSA) is 70.4 Å². The van der Waals surface area contributed by atoms with Crippen molar-refractivity contribution in [1.82, 2.24) is 9.78 Å². The third-order valence-corrected chi connectivity index (χ3v) is 2.42. The zero-order valence-corrected chi connectivity index (χ0v) is 11.0. The summed E-state index contributed by atoms with van der Waals surface area (Å²) < 4.78 is 11.1. The first-order valence-corrected chi connectivity index (χ1v) is 6.15. The Labute approximate surface area is 115 Å². The van der Waals surface area contributed by atoms with E-state index in [0.29, 0.717) is 12.3 Å². The number of nitrogens with zero attached hydrogens (tertiary/aromatic N) is 2. The molecule has 1 aromatic heterocycles. The second-order valence-electron chi connectivity index (χ2n) is 3.85. The van der Waals surface area contributed by atoms with Gasteiger partial charge in [-0.25, -0.2) is 4.79 Å². The molecule has 0 aliphatic rings. The minimum absolute atomic E-state index is 0.182. The lowest BCUT2D eigenvalue weighted by Crippen LogP contribution is -2.22. The van der Waals surface area contributed by atoms with Crippen LogP contribution in [0.4, 0.5) is 0 Å². The fraction of sp³-hybridized carbons (Fsp3) is 0.214. The fourth-order valence-corrected chi connectivity index (χ4v) is 1.56. The molecule has 0 aliphatic heterocycles. The van der Waals surface area contributed by atoms with Gasteiger partial charge in [0.15, 0.2) is 6.61 Å². The Hall–Kier alpha value is -2.63. The van der Waals surface area contributed by atoms with Crippen molar-refractivity contribution in [3.63, 3.8) is 0 Å². The molecule has 1 heterocycles. The van der Waals surface area contributed by atoms with Crippen LogP contribution < -0.4 is 10.3 Å². The number of aromatic nitrogens is 2. The second kappa shape index (κ2) is 6.51. The number of para-hydroxylation sites is 1. The molecule has 20 heavy (non-hydrogen) atoms. The summed E-state index contributed by atoms with van der Waals surface area (Å²) in [4.78, 5) is 23.0. The summed E-state index contributed by atoms with van der Waals surface area (Å²) >= 11 is 0. The number of esters is 1. The van der Waals surface area contributed by atoms with Gasteiger partial charge in [0.25, 0.3) is 5.56 Å². The van der Waals surface area contributed by atoms with Gasteiger partial charge in [-0.1, -0.05) is 18.2 Å². The molecule has 0 amide bonds. The van der Waals surface area contributed by atoms with Gasteiger partial charge in [-0.3, -0.25) is 4.79 Å². The summed E-state index contributed by atoms with van der Waals surface area (Å²) in [7, 11) is 0. The van der Waals surface area contributed by atoms with Crippen molar-refractivity contribution in [2.24, 2.45) is 0 Å². The van der Waals surface area contributed by atoms with Gasteiger partial charge in [-0.05, 0) is 19.1 Å². The summed E-state index contributed by atoms with van der Waals surface area (Å²) in [6.45, 7) is 1.76. The highest BCUT2D eigenvalue weighted by Crippen LogP contribution is 2.07. The molecule has 0 N–H and O–H groups in total. The van der Waals surface area contributed by atoms with Crippen LogP contribution in [0, 0.1) is 0 Å². The van der Waals surface area contributed by atoms with Crippen LogP contribution in [-0.2, 0) is 9.53 Å². The average molecular weight is 274 g/mol. The largest absolute Gasteiger partial charge is 0.465 e. The van der Waals surface area contributed by atoms with Crippen molar-refractivity contribution >= 4 is 5.97 Å². The molecule has 0 bridgehead atoms. The van der Waals surface area contributed by atoms with Crippen molar-refractivity contribution in [2.45, 2.75) is 6.92 Å². The number of hydrogen-bond donors (Lipinski definition) is 0. The van der Waals surface area contributed by atoms with Gasteiger partial charge in [0, 0.05) is 12.1 Å². The van der Waals surface area contributed by atoms with Crippen LogP contribution in [0.5, 0.6) is 5.88 Å². The number of rotatable bonds is 5. The van der Waals surface area contributed by atoms with E-state index >= 15 is 0 Å². The molecule has 0 spiro atoms. The predicted octanol–water partition coefficient (Wildman–Crippen LogP) is 1.17. The Kier molecular flexibility index (Phi) is 4.49. The maximum absolute atomic E-state index is 11.8. The molecule has 1 aromatic carbocycles. The van der Waals surface area contributed by atoms with Crippen LogP contribution in [0.2, 0.25) is 0 Å². The lowest BCUT2D eigenvalue weighted by atomic mass is 10.3. The quantitative estimate of drug-likeness (QED) is 0.765. The standard InChI is InChI=1S/C14H14N2O4/c1-2-19-14(18)10-20-12-8-9-13(17)16(15-12)11-6-4-3-5-7-11/h3-9H,2,10H2,1H3. The lowest BCUT2D eigenvalue weighted by Gasteiger charge is -2.08. The number of carbonyl (C=O) groups is 1. The first kappa shape index (κ1) is 13.8. The minimum Gasteiger partial charge on any atom is -0.465 e. The molecule has 6 heteroatoms. The van der Waals surface area contributed by atoms with Gasteiger partial charge in [0.05, 0.1) is 12.3 Å². The van der Waals surface area contributed by atoms with E-state index in [2.05, 4.69) is 5.10 Å². The van der Waals surface area contributed by atoms with E-state index in [4.69, 9.17) is 9.47 Å².